The van der Waals surface area contributed by atoms with E-state index in [-0.39, 0.29) is 0 Å². The number of nitro groups is 1. The standard InChI is InChI=1S/C10H8F5NO5/c11-8(12,9(18,19)10(13,14)15)7(17)5-1-3-6(4-2-5)16(20)21/h1-4,7,17-19H. The van der Waals surface area contributed by atoms with Gasteiger partial charge in [-0.3, -0.25) is 10.1 Å². The number of non-ortho nitro benzene ring substituents is 1. The second-order valence-electron chi connectivity index (χ2n) is 4.04. The van der Waals surface area contributed by atoms with Crippen molar-refractivity contribution in [3.63, 3.8) is 0 Å². The molecule has 11 heteroatoms. The molecule has 6 nitrogen and oxygen atoms in total. The topological polar surface area (TPSA) is 104 Å². The average Bonchev–Trinajstić information content (AvgIpc) is 2.36. The number of hydrogen-bond donors (Lipinski definition) is 3. The summed E-state index contributed by atoms with van der Waals surface area (Å²) in [6, 6.07) is 2.48. The van der Waals surface area contributed by atoms with E-state index in [1.54, 1.807) is 0 Å². The first-order chi connectivity index (χ1) is 9.32. The van der Waals surface area contributed by atoms with Gasteiger partial charge in [-0.05, 0) is 17.7 Å². The summed E-state index contributed by atoms with van der Waals surface area (Å²) in [5, 5.41) is 36.7. The van der Waals surface area contributed by atoms with Crippen molar-refractivity contribution in [2.24, 2.45) is 0 Å². The molecule has 0 amide bonds. The quantitative estimate of drug-likeness (QED) is 0.338. The summed E-state index contributed by atoms with van der Waals surface area (Å²) in [7, 11) is 0. The monoisotopic (exact) mass is 317 g/mol. The Hall–Kier alpha value is -1.85. The number of alkyl halides is 5. The molecule has 0 bridgehead atoms. The van der Waals surface area contributed by atoms with Crippen molar-refractivity contribution in [2.75, 3.05) is 0 Å². The number of aliphatic hydroxyl groups is 3. The Morgan fingerprint density at radius 3 is 1.81 bits per heavy atom. The fourth-order valence-electron chi connectivity index (χ4n) is 1.37. The van der Waals surface area contributed by atoms with E-state index in [2.05, 4.69) is 0 Å². The fourth-order valence-corrected chi connectivity index (χ4v) is 1.37. The Bertz CT molecular complexity index is 528. The summed E-state index contributed by atoms with van der Waals surface area (Å²) >= 11 is 0. The molecule has 0 aliphatic carbocycles. The molecule has 1 rings (SSSR count). The highest BCUT2D eigenvalue weighted by Gasteiger charge is 2.71. The van der Waals surface area contributed by atoms with Gasteiger partial charge < -0.3 is 15.3 Å². The first-order valence-electron chi connectivity index (χ1n) is 5.14. The van der Waals surface area contributed by atoms with Gasteiger partial charge in [-0.25, -0.2) is 0 Å². The first-order valence-corrected chi connectivity index (χ1v) is 5.14. The lowest BCUT2D eigenvalue weighted by Gasteiger charge is -2.35. The Labute approximate surface area is 113 Å². The normalized spacial score (nSPS) is 14.9. The van der Waals surface area contributed by atoms with Crippen molar-refractivity contribution in [3.05, 3.63) is 39.9 Å². The first kappa shape index (κ1) is 17.2. The van der Waals surface area contributed by atoms with Crippen LogP contribution in [0.1, 0.15) is 11.7 Å². The molecule has 0 radical (unpaired) electrons. The van der Waals surface area contributed by atoms with E-state index in [0.29, 0.717) is 24.3 Å². The molecule has 0 spiro atoms. The fraction of sp³-hybridized carbons (Fsp3) is 0.400. The van der Waals surface area contributed by atoms with Gasteiger partial charge in [0.2, 0.25) is 0 Å². The van der Waals surface area contributed by atoms with Crippen molar-refractivity contribution in [1.82, 2.24) is 0 Å². The van der Waals surface area contributed by atoms with Crippen LogP contribution in [0.15, 0.2) is 24.3 Å². The summed E-state index contributed by atoms with van der Waals surface area (Å²) in [5.41, 5.74) is -1.41. The highest BCUT2D eigenvalue weighted by Crippen LogP contribution is 2.46. The van der Waals surface area contributed by atoms with Gasteiger partial charge in [0.15, 0.2) is 0 Å². The van der Waals surface area contributed by atoms with Crippen molar-refractivity contribution in [1.29, 1.82) is 0 Å². The Balaban J connectivity index is 3.17. The molecular weight excluding hydrogens is 309 g/mol. The van der Waals surface area contributed by atoms with Gasteiger partial charge in [0.1, 0.15) is 6.10 Å². The number of hydrogen-bond acceptors (Lipinski definition) is 5. The molecule has 0 aromatic heterocycles. The molecule has 21 heavy (non-hydrogen) atoms. The van der Waals surface area contributed by atoms with E-state index >= 15 is 0 Å². The molecule has 0 heterocycles. The predicted octanol–water partition coefficient (Wildman–Crippen LogP) is 1.51. The van der Waals surface area contributed by atoms with Crippen molar-refractivity contribution in [3.8, 4) is 0 Å². The maximum atomic E-state index is 13.4. The van der Waals surface area contributed by atoms with E-state index in [9.17, 15) is 37.2 Å². The highest BCUT2D eigenvalue weighted by molar-refractivity contribution is 5.34. The lowest BCUT2D eigenvalue weighted by Crippen LogP contribution is -2.61. The molecule has 1 aromatic rings. The lowest BCUT2D eigenvalue weighted by atomic mass is 9.96. The molecule has 0 fully saturated rings. The molecule has 0 saturated heterocycles. The van der Waals surface area contributed by atoms with Crippen LogP contribution in [0.5, 0.6) is 0 Å². The van der Waals surface area contributed by atoms with Crippen molar-refractivity contribution in [2.45, 2.75) is 24.0 Å². The van der Waals surface area contributed by atoms with Gasteiger partial charge in [0, 0.05) is 12.1 Å². The van der Waals surface area contributed by atoms with Crippen LogP contribution in [0, 0.1) is 10.1 Å². The molecule has 3 N–H and O–H groups in total. The zero-order valence-corrected chi connectivity index (χ0v) is 9.88. The SMILES string of the molecule is O=[N+]([O-])c1ccc(C(O)C(F)(F)C(O)(O)C(F)(F)F)cc1. The number of benzene rings is 1. The molecule has 0 aliphatic heterocycles. The zero-order chi connectivity index (χ0) is 16.6. The molecule has 1 atom stereocenters. The van der Waals surface area contributed by atoms with E-state index < -0.39 is 40.2 Å². The van der Waals surface area contributed by atoms with Gasteiger partial charge in [-0.1, -0.05) is 0 Å². The molecule has 1 aromatic carbocycles. The van der Waals surface area contributed by atoms with Gasteiger partial charge in [-0.15, -0.1) is 0 Å². The zero-order valence-electron chi connectivity index (χ0n) is 9.88. The average molecular weight is 317 g/mol. The van der Waals surface area contributed by atoms with Crippen LogP contribution in [-0.4, -0.2) is 38.1 Å². The minimum absolute atomic E-state index is 0.552. The highest BCUT2D eigenvalue weighted by atomic mass is 19.4. The van der Waals surface area contributed by atoms with E-state index in [0.717, 1.165) is 0 Å². The smallest absolute Gasteiger partial charge is 0.382 e. The summed E-state index contributed by atoms with van der Waals surface area (Å²) in [6.45, 7) is 0. The number of aliphatic hydroxyl groups excluding tert-OH is 1. The minimum atomic E-state index is -6.13. The van der Waals surface area contributed by atoms with E-state index in [4.69, 9.17) is 10.2 Å². The van der Waals surface area contributed by atoms with Crippen molar-refractivity contribution >= 4 is 5.69 Å². The van der Waals surface area contributed by atoms with Crippen LogP contribution >= 0.6 is 0 Å². The van der Waals surface area contributed by atoms with Crippen LogP contribution in [0.4, 0.5) is 27.6 Å². The Morgan fingerprint density at radius 1 is 1.05 bits per heavy atom. The number of nitrogens with zero attached hydrogens (tertiary/aromatic N) is 1. The summed E-state index contributed by atoms with van der Waals surface area (Å²) in [4.78, 5) is 9.44. The van der Waals surface area contributed by atoms with Crippen LogP contribution in [-0.2, 0) is 0 Å². The summed E-state index contributed by atoms with van der Waals surface area (Å²) in [5.74, 6) is -10.9. The lowest BCUT2D eigenvalue weighted by molar-refractivity contribution is -0.430. The van der Waals surface area contributed by atoms with Crippen LogP contribution in [0.3, 0.4) is 0 Å². The van der Waals surface area contributed by atoms with E-state index in [1.165, 1.54) is 0 Å². The molecule has 0 saturated carbocycles. The van der Waals surface area contributed by atoms with Gasteiger partial charge in [0.05, 0.1) is 4.92 Å². The number of nitro benzene ring substituents is 1. The number of halogens is 5. The maximum Gasteiger partial charge on any atom is 0.449 e. The Morgan fingerprint density at radius 2 is 1.48 bits per heavy atom. The van der Waals surface area contributed by atoms with Gasteiger partial charge >= 0.3 is 17.9 Å². The van der Waals surface area contributed by atoms with Gasteiger partial charge in [-0.2, -0.15) is 22.0 Å². The second-order valence-corrected chi connectivity index (χ2v) is 4.04. The summed E-state index contributed by atoms with van der Waals surface area (Å²) < 4.78 is 63.4. The third-order valence-corrected chi connectivity index (χ3v) is 2.62. The van der Waals surface area contributed by atoms with Crippen LogP contribution in [0.2, 0.25) is 0 Å². The second kappa shape index (κ2) is 5.16. The molecular formula is C10H8F5NO5. The minimum Gasteiger partial charge on any atom is -0.382 e. The summed E-state index contributed by atoms with van der Waals surface area (Å²) in [6.07, 6.45) is -9.37. The van der Waals surface area contributed by atoms with Crippen LogP contribution < -0.4 is 0 Å². The molecule has 0 aliphatic rings. The Kier molecular flexibility index (Phi) is 4.23. The third kappa shape index (κ3) is 2.94. The van der Waals surface area contributed by atoms with Gasteiger partial charge in [0.25, 0.3) is 5.69 Å². The maximum absolute atomic E-state index is 13.4. The predicted molar refractivity (Wildman–Crippen MR) is 56.2 cm³/mol. The third-order valence-electron chi connectivity index (χ3n) is 2.62. The number of rotatable bonds is 4. The van der Waals surface area contributed by atoms with Crippen molar-refractivity contribution < 1.29 is 42.2 Å². The molecule has 1 unspecified atom stereocenters. The van der Waals surface area contributed by atoms with Crippen LogP contribution in [0.25, 0.3) is 0 Å². The largest absolute Gasteiger partial charge is 0.449 e. The van der Waals surface area contributed by atoms with E-state index in [1.807, 2.05) is 0 Å². The molecule has 118 valence electrons.